The molecule has 0 saturated heterocycles. The predicted molar refractivity (Wildman–Crippen MR) is 143 cm³/mol. The van der Waals surface area contributed by atoms with Crippen molar-refractivity contribution in [3.63, 3.8) is 0 Å². The summed E-state index contributed by atoms with van der Waals surface area (Å²) in [5.74, 6) is -2.03. The highest BCUT2D eigenvalue weighted by Gasteiger charge is 2.38. The van der Waals surface area contributed by atoms with Gasteiger partial charge in [0.1, 0.15) is 5.75 Å². The fourth-order valence-corrected chi connectivity index (χ4v) is 3.58. The first-order valence-corrected chi connectivity index (χ1v) is 11.8. The maximum Gasteiger partial charge on any atom is 0.490 e. The average molecular weight is 560 g/mol. The number of hydrogen-bond acceptors (Lipinski definition) is 7. The first kappa shape index (κ1) is 29.9. The first-order valence-electron chi connectivity index (χ1n) is 11.8. The Kier molecular flexibility index (Phi) is 9.32. The van der Waals surface area contributed by atoms with Crippen LogP contribution in [0.2, 0.25) is 0 Å². The van der Waals surface area contributed by atoms with E-state index >= 15 is 0 Å². The molecule has 13 heteroatoms. The van der Waals surface area contributed by atoms with E-state index in [1.54, 1.807) is 25.1 Å². The fourth-order valence-electron chi connectivity index (χ4n) is 3.58. The van der Waals surface area contributed by atoms with Crippen molar-refractivity contribution in [2.75, 3.05) is 41.3 Å². The van der Waals surface area contributed by atoms with E-state index < -0.39 is 12.1 Å². The van der Waals surface area contributed by atoms with Crippen LogP contribution in [0.15, 0.2) is 58.8 Å². The van der Waals surface area contributed by atoms with E-state index in [-0.39, 0.29) is 11.8 Å². The van der Waals surface area contributed by atoms with Crippen molar-refractivity contribution in [1.29, 1.82) is 0 Å². The van der Waals surface area contributed by atoms with Crippen LogP contribution in [0, 0.1) is 0 Å². The van der Waals surface area contributed by atoms with Crippen molar-refractivity contribution in [2.24, 2.45) is 10.2 Å². The molecule has 40 heavy (non-hydrogen) atoms. The van der Waals surface area contributed by atoms with Gasteiger partial charge in [0.2, 0.25) is 5.91 Å². The highest BCUT2D eigenvalue weighted by Crippen LogP contribution is 2.30. The Labute approximate surface area is 227 Å². The van der Waals surface area contributed by atoms with Crippen LogP contribution < -0.4 is 15.2 Å². The normalized spacial score (nSPS) is 13.1. The summed E-state index contributed by atoms with van der Waals surface area (Å²) in [6.45, 7) is 1.45. The second kappa shape index (κ2) is 12.5. The number of hydrogen-bond donors (Lipinski definition) is 3. The Morgan fingerprint density at radius 1 is 1.07 bits per heavy atom. The second-order valence-corrected chi connectivity index (χ2v) is 9.00. The molecule has 1 aliphatic heterocycles. The third kappa shape index (κ3) is 7.47. The minimum absolute atomic E-state index is 0.0804. The number of aromatic nitrogens is 1. The van der Waals surface area contributed by atoms with Gasteiger partial charge in [-0.3, -0.25) is 4.79 Å². The Morgan fingerprint density at radius 3 is 2.40 bits per heavy atom. The van der Waals surface area contributed by atoms with Gasteiger partial charge in [-0.25, -0.2) is 4.79 Å². The summed E-state index contributed by atoms with van der Waals surface area (Å²) in [5.41, 5.74) is 2.86. The number of fused-ring (bicyclic) bond motifs is 2. The summed E-state index contributed by atoms with van der Waals surface area (Å²) in [7, 11) is 7.34. The van der Waals surface area contributed by atoms with Crippen molar-refractivity contribution in [3.05, 3.63) is 64.6 Å². The van der Waals surface area contributed by atoms with Gasteiger partial charge in [0, 0.05) is 47.9 Å². The van der Waals surface area contributed by atoms with Crippen LogP contribution in [-0.2, 0) is 9.59 Å². The quantitative estimate of drug-likeness (QED) is 0.382. The highest BCUT2D eigenvalue weighted by molar-refractivity contribution is 5.93. The predicted octanol–water partition coefficient (Wildman–Crippen LogP) is 3.13. The van der Waals surface area contributed by atoms with Crippen LogP contribution in [0.25, 0.3) is 22.7 Å². The van der Waals surface area contributed by atoms with E-state index in [0.717, 1.165) is 27.9 Å². The molecule has 0 fully saturated rings. The van der Waals surface area contributed by atoms with Gasteiger partial charge in [-0.05, 0) is 61.8 Å². The van der Waals surface area contributed by atoms with Gasteiger partial charge < -0.3 is 29.7 Å². The van der Waals surface area contributed by atoms with Crippen LogP contribution in [0.4, 0.5) is 18.9 Å². The number of rotatable bonds is 7. The number of ether oxygens (including phenoxy) is 1. The number of aromatic hydroxyl groups is 1. The SMILES string of the molecule is COc1ccc2[nH]c(O)c(C=c3ccc4c(c3)N=NC=4/C=C/C(=O)N(C)CCN(C)C)c2c1.O=C(O)C(F)(F)F. The van der Waals surface area contributed by atoms with Crippen LogP contribution in [0.1, 0.15) is 5.56 Å². The molecule has 212 valence electrons. The number of nitrogens with zero attached hydrogens (tertiary/aromatic N) is 4. The summed E-state index contributed by atoms with van der Waals surface area (Å²) in [5, 5.41) is 28.6. The van der Waals surface area contributed by atoms with Crippen molar-refractivity contribution in [2.45, 2.75) is 6.18 Å². The molecular formula is C27H28F3N5O5. The molecule has 0 bridgehead atoms. The van der Waals surface area contributed by atoms with Crippen LogP contribution >= 0.6 is 0 Å². The smallest absolute Gasteiger partial charge is 0.490 e. The highest BCUT2D eigenvalue weighted by atomic mass is 19.4. The lowest BCUT2D eigenvalue weighted by molar-refractivity contribution is -0.192. The number of H-pyrrole nitrogens is 1. The van der Waals surface area contributed by atoms with Gasteiger partial charge >= 0.3 is 12.1 Å². The molecule has 3 aromatic rings. The number of aliphatic carboxylic acids is 1. The molecule has 2 heterocycles. The Morgan fingerprint density at radius 2 is 1.77 bits per heavy atom. The van der Waals surface area contributed by atoms with Crippen molar-refractivity contribution in [1.82, 2.24) is 14.8 Å². The van der Waals surface area contributed by atoms with Crippen LogP contribution in [0.3, 0.4) is 0 Å². The maximum atomic E-state index is 12.3. The zero-order valence-corrected chi connectivity index (χ0v) is 22.2. The summed E-state index contributed by atoms with van der Waals surface area (Å²) in [6.07, 6.45) is 0.0297. The number of benzene rings is 2. The number of carbonyl (C=O) groups excluding carboxylic acids is 1. The summed E-state index contributed by atoms with van der Waals surface area (Å²) < 4.78 is 37.0. The summed E-state index contributed by atoms with van der Waals surface area (Å²) in [4.78, 5) is 27.9. The third-order valence-corrected chi connectivity index (χ3v) is 5.78. The molecule has 10 nitrogen and oxygen atoms in total. The molecule has 0 radical (unpaired) electrons. The number of carboxylic acid groups (broad SMARTS) is 1. The van der Waals surface area contributed by atoms with Gasteiger partial charge in [-0.15, -0.1) is 10.2 Å². The molecule has 1 aliphatic rings. The van der Waals surface area contributed by atoms with E-state index in [2.05, 4.69) is 15.2 Å². The van der Waals surface area contributed by atoms with Crippen molar-refractivity contribution >= 4 is 40.2 Å². The third-order valence-electron chi connectivity index (χ3n) is 5.78. The number of halogens is 3. The first-order chi connectivity index (χ1) is 18.8. The largest absolute Gasteiger partial charge is 0.497 e. The molecule has 3 N–H and O–H groups in total. The molecule has 1 aromatic heterocycles. The molecule has 4 rings (SSSR count). The fraction of sp³-hybridized carbons (Fsp3) is 0.259. The minimum Gasteiger partial charge on any atom is -0.497 e. The summed E-state index contributed by atoms with van der Waals surface area (Å²) >= 11 is 0. The molecule has 0 spiro atoms. The van der Waals surface area contributed by atoms with E-state index in [1.165, 1.54) is 6.08 Å². The van der Waals surface area contributed by atoms with Crippen LogP contribution in [0.5, 0.6) is 11.6 Å². The van der Waals surface area contributed by atoms with Gasteiger partial charge in [0.05, 0.1) is 18.5 Å². The molecule has 1 amide bonds. The standard InChI is InChI=1S/C25H27N5O3.C2HF3O2/c1-29(2)11-12-30(3)24(31)10-9-22-18-7-5-16(14-23(18)28-27-22)13-20-19-15-17(33-4)6-8-21(19)26-25(20)32;3-2(4,5)1(6)7/h5-10,13-15,26,32H,11-12H2,1-4H3;(H,6,7)/b10-9+,16-13?;. The molecule has 0 saturated carbocycles. The number of amides is 1. The number of carbonyl (C=O) groups is 2. The Hall–Kier alpha value is -4.65. The second-order valence-electron chi connectivity index (χ2n) is 9.00. The van der Waals surface area contributed by atoms with E-state index in [0.29, 0.717) is 29.2 Å². The van der Waals surface area contributed by atoms with Gasteiger partial charge in [0.15, 0.2) is 5.88 Å². The van der Waals surface area contributed by atoms with Gasteiger partial charge in [-0.1, -0.05) is 6.07 Å². The minimum atomic E-state index is -5.08. The molecule has 2 aromatic carbocycles. The number of carboxylic acids is 1. The van der Waals surface area contributed by atoms with E-state index in [1.807, 2.05) is 61.5 Å². The van der Waals surface area contributed by atoms with Crippen molar-refractivity contribution < 1.29 is 37.7 Å². The molecule has 0 unspecified atom stereocenters. The number of aromatic amines is 1. The monoisotopic (exact) mass is 559 g/mol. The summed E-state index contributed by atoms with van der Waals surface area (Å²) in [6, 6.07) is 11.4. The van der Waals surface area contributed by atoms with Gasteiger partial charge in [0.25, 0.3) is 0 Å². The number of alkyl halides is 3. The van der Waals surface area contributed by atoms with E-state index in [4.69, 9.17) is 14.6 Å². The topological polar surface area (TPSA) is 131 Å². The molecular weight excluding hydrogens is 531 g/mol. The zero-order chi connectivity index (χ0) is 29.6. The Balaban J connectivity index is 0.000000559. The molecule has 0 atom stereocenters. The zero-order valence-electron chi connectivity index (χ0n) is 22.2. The molecule has 0 aliphatic carbocycles. The lowest BCUT2D eigenvalue weighted by atomic mass is 10.1. The van der Waals surface area contributed by atoms with Crippen molar-refractivity contribution in [3.8, 4) is 11.6 Å². The number of nitrogens with one attached hydrogen (secondary N) is 1. The average Bonchev–Trinajstić information content (AvgIpc) is 3.44. The van der Waals surface area contributed by atoms with E-state index in [9.17, 15) is 23.1 Å². The number of azo groups is 1. The maximum absolute atomic E-state index is 12.3. The lowest BCUT2D eigenvalue weighted by Gasteiger charge is -2.17. The Bertz CT molecular complexity index is 1590. The van der Waals surface area contributed by atoms with Crippen LogP contribution in [-0.4, -0.2) is 84.4 Å². The number of methoxy groups -OCH3 is 1. The number of likely N-dealkylation sites (N-methyl/N-ethyl adjacent to an activating group) is 2. The lowest BCUT2D eigenvalue weighted by Crippen LogP contribution is -2.32. The van der Waals surface area contributed by atoms with Gasteiger partial charge in [-0.2, -0.15) is 13.2 Å².